The molecule has 0 amide bonds. The standard InChI is InChI=1S/C7H13F3N2/c8-7(9,10)1-4-12-5-2-11-3-6-12/h11H,1-6H2. The van der Waals surface area contributed by atoms with Crippen LogP contribution in [-0.2, 0) is 0 Å². The summed E-state index contributed by atoms with van der Waals surface area (Å²) in [5, 5.41) is 3.09. The summed E-state index contributed by atoms with van der Waals surface area (Å²) in [6.45, 7) is 3.22. The fraction of sp³-hybridized carbons (Fsp3) is 1.00. The summed E-state index contributed by atoms with van der Waals surface area (Å²) < 4.78 is 35.3. The predicted molar refractivity (Wildman–Crippen MR) is 40.0 cm³/mol. The first kappa shape index (κ1) is 9.80. The minimum Gasteiger partial charge on any atom is -0.314 e. The molecule has 0 aromatic carbocycles. The molecule has 5 heteroatoms. The molecule has 0 unspecified atom stereocenters. The maximum absolute atomic E-state index is 11.8. The molecule has 1 heterocycles. The van der Waals surface area contributed by atoms with E-state index in [1.807, 2.05) is 4.90 Å². The van der Waals surface area contributed by atoms with E-state index in [4.69, 9.17) is 0 Å². The molecule has 1 rings (SSSR count). The van der Waals surface area contributed by atoms with Crippen LogP contribution in [0.15, 0.2) is 0 Å². The van der Waals surface area contributed by atoms with Gasteiger partial charge in [-0.25, -0.2) is 0 Å². The number of hydrogen-bond donors (Lipinski definition) is 1. The highest BCUT2D eigenvalue weighted by atomic mass is 19.4. The van der Waals surface area contributed by atoms with Gasteiger partial charge in [0.2, 0.25) is 0 Å². The van der Waals surface area contributed by atoms with Gasteiger partial charge in [-0.05, 0) is 0 Å². The van der Waals surface area contributed by atoms with Crippen molar-refractivity contribution < 1.29 is 13.2 Å². The normalized spacial score (nSPS) is 21.2. The van der Waals surface area contributed by atoms with Gasteiger partial charge in [0.05, 0.1) is 6.42 Å². The van der Waals surface area contributed by atoms with Gasteiger partial charge in [0.15, 0.2) is 0 Å². The molecule has 1 aliphatic rings. The Morgan fingerprint density at radius 3 is 2.25 bits per heavy atom. The lowest BCUT2D eigenvalue weighted by molar-refractivity contribution is -0.138. The van der Waals surface area contributed by atoms with Crippen molar-refractivity contribution in [3.63, 3.8) is 0 Å². The van der Waals surface area contributed by atoms with Crippen LogP contribution in [0.25, 0.3) is 0 Å². The molecule has 1 saturated heterocycles. The van der Waals surface area contributed by atoms with E-state index in [1.54, 1.807) is 0 Å². The molecule has 72 valence electrons. The second kappa shape index (κ2) is 4.09. The molecule has 0 radical (unpaired) electrons. The van der Waals surface area contributed by atoms with Crippen molar-refractivity contribution in [2.75, 3.05) is 32.7 Å². The Morgan fingerprint density at radius 2 is 1.75 bits per heavy atom. The van der Waals surface area contributed by atoms with Gasteiger partial charge in [-0.15, -0.1) is 0 Å². The number of halogens is 3. The van der Waals surface area contributed by atoms with Crippen LogP contribution >= 0.6 is 0 Å². The van der Waals surface area contributed by atoms with E-state index in [1.165, 1.54) is 0 Å². The third-order valence-corrected chi connectivity index (χ3v) is 1.92. The first-order chi connectivity index (χ1) is 5.58. The van der Waals surface area contributed by atoms with Crippen LogP contribution in [-0.4, -0.2) is 43.8 Å². The van der Waals surface area contributed by atoms with Crippen LogP contribution in [0.5, 0.6) is 0 Å². The lowest BCUT2D eigenvalue weighted by Gasteiger charge is -2.27. The van der Waals surface area contributed by atoms with Gasteiger partial charge in [0, 0.05) is 32.7 Å². The second-order valence-electron chi connectivity index (χ2n) is 2.96. The molecule has 12 heavy (non-hydrogen) atoms. The monoisotopic (exact) mass is 182 g/mol. The molecular formula is C7H13F3N2. The van der Waals surface area contributed by atoms with E-state index < -0.39 is 12.6 Å². The molecule has 0 bridgehead atoms. The topological polar surface area (TPSA) is 15.3 Å². The average Bonchev–Trinajstić information content (AvgIpc) is 2.02. The molecule has 1 fully saturated rings. The predicted octanol–water partition coefficient (Wildman–Crippen LogP) is 0.844. The summed E-state index contributed by atoms with van der Waals surface area (Å²) in [6.07, 6.45) is -4.70. The summed E-state index contributed by atoms with van der Waals surface area (Å²) in [6, 6.07) is 0. The van der Waals surface area contributed by atoms with Crippen molar-refractivity contribution in [1.82, 2.24) is 10.2 Å². The van der Waals surface area contributed by atoms with Gasteiger partial charge in [-0.2, -0.15) is 13.2 Å². The summed E-state index contributed by atoms with van der Waals surface area (Å²) in [4.78, 5) is 1.84. The zero-order chi connectivity index (χ0) is 9.03. The Labute approximate surface area is 69.7 Å². The smallest absolute Gasteiger partial charge is 0.314 e. The minimum atomic E-state index is -4.01. The first-order valence-electron chi connectivity index (χ1n) is 4.08. The van der Waals surface area contributed by atoms with Crippen LogP contribution < -0.4 is 5.32 Å². The molecule has 0 aromatic heterocycles. The third-order valence-electron chi connectivity index (χ3n) is 1.92. The van der Waals surface area contributed by atoms with Crippen LogP contribution in [0.2, 0.25) is 0 Å². The SMILES string of the molecule is FC(F)(F)CCN1CCNCC1. The van der Waals surface area contributed by atoms with Crippen LogP contribution in [0.3, 0.4) is 0 Å². The maximum Gasteiger partial charge on any atom is 0.390 e. The van der Waals surface area contributed by atoms with E-state index in [2.05, 4.69) is 5.32 Å². The second-order valence-corrected chi connectivity index (χ2v) is 2.96. The maximum atomic E-state index is 11.8. The molecule has 2 nitrogen and oxygen atoms in total. The van der Waals surface area contributed by atoms with Gasteiger partial charge in [-0.3, -0.25) is 0 Å². The van der Waals surface area contributed by atoms with Gasteiger partial charge in [0.25, 0.3) is 0 Å². The zero-order valence-corrected chi connectivity index (χ0v) is 6.82. The molecular weight excluding hydrogens is 169 g/mol. The average molecular weight is 182 g/mol. The lowest BCUT2D eigenvalue weighted by Crippen LogP contribution is -2.44. The van der Waals surface area contributed by atoms with Crippen molar-refractivity contribution in [1.29, 1.82) is 0 Å². The number of hydrogen-bond acceptors (Lipinski definition) is 2. The Bertz CT molecular complexity index is 129. The van der Waals surface area contributed by atoms with Crippen molar-refractivity contribution in [2.45, 2.75) is 12.6 Å². The van der Waals surface area contributed by atoms with E-state index in [0.29, 0.717) is 0 Å². The molecule has 1 aliphatic heterocycles. The van der Waals surface area contributed by atoms with Crippen molar-refractivity contribution >= 4 is 0 Å². The number of rotatable bonds is 2. The van der Waals surface area contributed by atoms with Crippen LogP contribution in [0.4, 0.5) is 13.2 Å². The molecule has 1 N–H and O–H groups in total. The van der Waals surface area contributed by atoms with Gasteiger partial charge in [0.1, 0.15) is 0 Å². The Kier molecular flexibility index (Phi) is 3.34. The lowest BCUT2D eigenvalue weighted by atomic mass is 10.3. The fourth-order valence-corrected chi connectivity index (χ4v) is 1.22. The minimum absolute atomic E-state index is 0.144. The van der Waals surface area contributed by atoms with E-state index in [-0.39, 0.29) is 6.54 Å². The Hall–Kier alpha value is -0.290. The third kappa shape index (κ3) is 3.92. The molecule has 0 atom stereocenters. The van der Waals surface area contributed by atoms with Gasteiger partial charge in [-0.1, -0.05) is 0 Å². The quantitative estimate of drug-likeness (QED) is 0.681. The highest BCUT2D eigenvalue weighted by Gasteiger charge is 2.27. The Balaban J connectivity index is 2.13. The van der Waals surface area contributed by atoms with Crippen LogP contribution in [0, 0.1) is 0 Å². The molecule has 0 aliphatic carbocycles. The summed E-state index contributed by atoms with van der Waals surface area (Å²) >= 11 is 0. The largest absolute Gasteiger partial charge is 0.390 e. The Morgan fingerprint density at radius 1 is 1.17 bits per heavy atom. The first-order valence-corrected chi connectivity index (χ1v) is 4.08. The van der Waals surface area contributed by atoms with E-state index in [0.717, 1.165) is 26.2 Å². The highest BCUT2D eigenvalue weighted by molar-refractivity contribution is 4.68. The van der Waals surface area contributed by atoms with E-state index >= 15 is 0 Å². The highest BCUT2D eigenvalue weighted by Crippen LogP contribution is 2.19. The molecule has 0 aromatic rings. The summed E-state index contributed by atoms with van der Waals surface area (Å²) in [5.41, 5.74) is 0. The number of nitrogens with one attached hydrogen (secondary N) is 1. The fourth-order valence-electron chi connectivity index (χ4n) is 1.22. The number of alkyl halides is 3. The number of nitrogens with zero attached hydrogens (tertiary/aromatic N) is 1. The van der Waals surface area contributed by atoms with Gasteiger partial charge >= 0.3 is 6.18 Å². The molecule has 0 saturated carbocycles. The molecule has 0 spiro atoms. The van der Waals surface area contributed by atoms with Crippen molar-refractivity contribution in [2.24, 2.45) is 0 Å². The van der Waals surface area contributed by atoms with Crippen molar-refractivity contribution in [3.8, 4) is 0 Å². The summed E-state index contributed by atoms with van der Waals surface area (Å²) in [7, 11) is 0. The number of piperazine rings is 1. The summed E-state index contributed by atoms with van der Waals surface area (Å²) in [5.74, 6) is 0. The zero-order valence-electron chi connectivity index (χ0n) is 6.82. The van der Waals surface area contributed by atoms with Gasteiger partial charge < -0.3 is 10.2 Å². The van der Waals surface area contributed by atoms with Crippen molar-refractivity contribution in [3.05, 3.63) is 0 Å². The van der Waals surface area contributed by atoms with E-state index in [9.17, 15) is 13.2 Å². The van der Waals surface area contributed by atoms with Crippen LogP contribution in [0.1, 0.15) is 6.42 Å².